The van der Waals surface area contributed by atoms with Crippen molar-refractivity contribution in [3.8, 4) is 5.75 Å². The summed E-state index contributed by atoms with van der Waals surface area (Å²) in [5.41, 5.74) is 0.497. The standard InChI is InChI=1S/C12H14O2/c1-9(2)12(8-13)7-10-5-3-4-6-11(10)14-12/h3-6,8-9H,7H2,1-2H3. The first-order valence-electron chi connectivity index (χ1n) is 4.91. The second kappa shape index (κ2) is 3.12. The smallest absolute Gasteiger partial charge is 0.170 e. The highest BCUT2D eigenvalue weighted by Gasteiger charge is 2.41. The molecular formula is C12H14O2. The summed E-state index contributed by atoms with van der Waals surface area (Å²) in [7, 11) is 0. The van der Waals surface area contributed by atoms with Gasteiger partial charge in [-0.1, -0.05) is 32.0 Å². The molecule has 14 heavy (non-hydrogen) atoms. The normalized spacial score (nSPS) is 24.5. The predicted molar refractivity (Wildman–Crippen MR) is 54.4 cm³/mol. The van der Waals surface area contributed by atoms with Crippen LogP contribution in [0.3, 0.4) is 0 Å². The molecule has 2 heteroatoms. The predicted octanol–water partition coefficient (Wildman–Crippen LogP) is 2.22. The maximum atomic E-state index is 11.1. The molecule has 1 unspecified atom stereocenters. The largest absolute Gasteiger partial charge is 0.479 e. The summed E-state index contributed by atoms with van der Waals surface area (Å²) in [5, 5.41) is 0. The summed E-state index contributed by atoms with van der Waals surface area (Å²) in [4.78, 5) is 11.1. The van der Waals surface area contributed by atoms with E-state index >= 15 is 0 Å². The highest BCUT2D eigenvalue weighted by molar-refractivity contribution is 5.67. The number of carbonyl (C=O) groups is 1. The van der Waals surface area contributed by atoms with Gasteiger partial charge in [-0.2, -0.15) is 0 Å². The van der Waals surface area contributed by atoms with Gasteiger partial charge in [-0.05, 0) is 11.6 Å². The highest BCUT2D eigenvalue weighted by Crippen LogP contribution is 2.37. The van der Waals surface area contributed by atoms with Crippen LogP contribution in [0.25, 0.3) is 0 Å². The molecule has 0 spiro atoms. The summed E-state index contributed by atoms with van der Waals surface area (Å²) in [6, 6.07) is 7.84. The number of benzene rings is 1. The Hall–Kier alpha value is -1.31. The molecule has 1 atom stereocenters. The number of ether oxygens (including phenoxy) is 1. The minimum absolute atomic E-state index is 0.201. The van der Waals surface area contributed by atoms with Crippen LogP contribution in [0.15, 0.2) is 24.3 Å². The summed E-state index contributed by atoms with van der Waals surface area (Å²) >= 11 is 0. The van der Waals surface area contributed by atoms with E-state index in [1.165, 1.54) is 0 Å². The number of hydrogen-bond acceptors (Lipinski definition) is 2. The molecule has 1 aliphatic rings. The maximum absolute atomic E-state index is 11.1. The van der Waals surface area contributed by atoms with Crippen LogP contribution < -0.4 is 4.74 Å². The number of carbonyl (C=O) groups excluding carboxylic acids is 1. The van der Waals surface area contributed by atoms with Crippen molar-refractivity contribution in [1.82, 2.24) is 0 Å². The second-order valence-corrected chi connectivity index (χ2v) is 4.11. The maximum Gasteiger partial charge on any atom is 0.170 e. The third kappa shape index (κ3) is 1.22. The minimum atomic E-state index is -0.635. The molecule has 0 amide bonds. The molecule has 0 saturated heterocycles. The fraction of sp³-hybridized carbons (Fsp3) is 0.417. The quantitative estimate of drug-likeness (QED) is 0.668. The van der Waals surface area contributed by atoms with Crippen molar-refractivity contribution in [1.29, 1.82) is 0 Å². The van der Waals surface area contributed by atoms with E-state index in [2.05, 4.69) is 0 Å². The van der Waals surface area contributed by atoms with Crippen LogP contribution in [0, 0.1) is 5.92 Å². The lowest BCUT2D eigenvalue weighted by molar-refractivity contribution is -0.123. The second-order valence-electron chi connectivity index (χ2n) is 4.11. The Balaban J connectivity index is 2.37. The van der Waals surface area contributed by atoms with Gasteiger partial charge in [-0.3, -0.25) is 4.79 Å². The number of aldehydes is 1. The number of rotatable bonds is 2. The Morgan fingerprint density at radius 2 is 2.14 bits per heavy atom. The topological polar surface area (TPSA) is 26.3 Å². The van der Waals surface area contributed by atoms with Gasteiger partial charge in [0.1, 0.15) is 5.75 Å². The molecule has 1 heterocycles. The van der Waals surface area contributed by atoms with E-state index in [1.807, 2.05) is 38.1 Å². The number of fused-ring (bicyclic) bond motifs is 1. The van der Waals surface area contributed by atoms with Crippen LogP contribution in [0.2, 0.25) is 0 Å². The third-order valence-electron chi connectivity index (χ3n) is 2.92. The monoisotopic (exact) mass is 190 g/mol. The van der Waals surface area contributed by atoms with Gasteiger partial charge in [-0.25, -0.2) is 0 Å². The van der Waals surface area contributed by atoms with Crippen molar-refractivity contribution >= 4 is 6.29 Å². The fourth-order valence-electron chi connectivity index (χ4n) is 1.81. The van der Waals surface area contributed by atoms with E-state index in [9.17, 15) is 4.79 Å². The van der Waals surface area contributed by atoms with E-state index in [0.29, 0.717) is 6.42 Å². The first kappa shape index (κ1) is 9.25. The lowest BCUT2D eigenvalue weighted by Gasteiger charge is -2.26. The van der Waals surface area contributed by atoms with E-state index in [-0.39, 0.29) is 5.92 Å². The minimum Gasteiger partial charge on any atom is -0.479 e. The van der Waals surface area contributed by atoms with Crippen molar-refractivity contribution in [2.75, 3.05) is 0 Å². The molecule has 2 rings (SSSR count). The van der Waals surface area contributed by atoms with Gasteiger partial charge in [0.25, 0.3) is 0 Å². The zero-order valence-corrected chi connectivity index (χ0v) is 8.49. The fourth-order valence-corrected chi connectivity index (χ4v) is 1.81. The van der Waals surface area contributed by atoms with Crippen LogP contribution in [0.1, 0.15) is 19.4 Å². The van der Waals surface area contributed by atoms with Crippen LogP contribution in [-0.2, 0) is 11.2 Å². The van der Waals surface area contributed by atoms with E-state index < -0.39 is 5.60 Å². The van der Waals surface area contributed by atoms with Crippen LogP contribution >= 0.6 is 0 Å². The SMILES string of the molecule is CC(C)C1(C=O)Cc2ccccc2O1. The van der Waals surface area contributed by atoms with Gasteiger partial charge in [0.15, 0.2) is 11.9 Å². The van der Waals surface area contributed by atoms with Crippen molar-refractivity contribution in [3.05, 3.63) is 29.8 Å². The van der Waals surface area contributed by atoms with Crippen molar-refractivity contribution in [2.24, 2.45) is 5.92 Å². The Labute approximate surface area is 83.9 Å². The molecule has 0 radical (unpaired) electrons. The van der Waals surface area contributed by atoms with Gasteiger partial charge in [0.05, 0.1) is 0 Å². The summed E-state index contributed by atoms with van der Waals surface area (Å²) in [6.07, 6.45) is 1.64. The Bertz CT molecular complexity index is 330. The van der Waals surface area contributed by atoms with Crippen LogP contribution in [0.5, 0.6) is 5.75 Å². The molecule has 0 saturated carbocycles. The van der Waals surface area contributed by atoms with Gasteiger partial charge in [-0.15, -0.1) is 0 Å². The average Bonchev–Trinajstić information content (AvgIpc) is 2.57. The molecule has 74 valence electrons. The Morgan fingerprint density at radius 1 is 1.43 bits per heavy atom. The van der Waals surface area contributed by atoms with E-state index in [0.717, 1.165) is 17.6 Å². The molecule has 0 bridgehead atoms. The zero-order valence-electron chi connectivity index (χ0n) is 8.49. The molecule has 0 N–H and O–H groups in total. The molecular weight excluding hydrogens is 176 g/mol. The molecule has 1 aromatic carbocycles. The van der Waals surface area contributed by atoms with Crippen molar-refractivity contribution < 1.29 is 9.53 Å². The zero-order chi connectivity index (χ0) is 10.2. The molecule has 0 fully saturated rings. The van der Waals surface area contributed by atoms with E-state index in [1.54, 1.807) is 0 Å². The lowest BCUT2D eigenvalue weighted by Crippen LogP contribution is -2.41. The van der Waals surface area contributed by atoms with Gasteiger partial charge >= 0.3 is 0 Å². The first-order valence-corrected chi connectivity index (χ1v) is 4.91. The van der Waals surface area contributed by atoms with Crippen LogP contribution in [0.4, 0.5) is 0 Å². The number of para-hydroxylation sites is 1. The first-order chi connectivity index (χ1) is 6.68. The molecule has 0 aliphatic carbocycles. The Morgan fingerprint density at radius 3 is 2.71 bits per heavy atom. The third-order valence-corrected chi connectivity index (χ3v) is 2.92. The molecule has 0 aromatic heterocycles. The Kier molecular flexibility index (Phi) is 2.06. The summed E-state index contributed by atoms with van der Waals surface area (Å²) in [5.74, 6) is 1.06. The van der Waals surface area contributed by atoms with Crippen molar-refractivity contribution in [2.45, 2.75) is 25.9 Å². The van der Waals surface area contributed by atoms with Gasteiger partial charge in [0, 0.05) is 12.3 Å². The molecule has 1 aromatic rings. The summed E-state index contributed by atoms with van der Waals surface area (Å²) in [6.45, 7) is 4.03. The molecule has 1 aliphatic heterocycles. The molecule has 2 nitrogen and oxygen atoms in total. The average molecular weight is 190 g/mol. The summed E-state index contributed by atoms with van der Waals surface area (Å²) < 4.78 is 5.74. The van der Waals surface area contributed by atoms with Crippen molar-refractivity contribution in [3.63, 3.8) is 0 Å². The van der Waals surface area contributed by atoms with Crippen LogP contribution in [-0.4, -0.2) is 11.9 Å². The van der Waals surface area contributed by atoms with E-state index in [4.69, 9.17) is 4.74 Å². The highest BCUT2D eigenvalue weighted by atomic mass is 16.5. The lowest BCUT2D eigenvalue weighted by atomic mass is 9.87. The number of hydrogen-bond donors (Lipinski definition) is 0. The van der Waals surface area contributed by atoms with Gasteiger partial charge < -0.3 is 4.74 Å². The van der Waals surface area contributed by atoms with Gasteiger partial charge in [0.2, 0.25) is 0 Å².